The molecule has 20 heavy (non-hydrogen) atoms. The molecular formula is C14H27F3N2O. The molecule has 1 aliphatic rings. The Kier molecular flexibility index (Phi) is 5.87. The highest BCUT2D eigenvalue weighted by Crippen LogP contribution is 2.26. The molecule has 0 unspecified atom stereocenters. The number of alkyl halides is 3. The maximum absolute atomic E-state index is 12.5. The number of halogens is 3. The van der Waals surface area contributed by atoms with E-state index in [-0.39, 0.29) is 24.2 Å². The van der Waals surface area contributed by atoms with E-state index in [1.165, 1.54) is 0 Å². The van der Waals surface area contributed by atoms with Gasteiger partial charge in [-0.15, -0.1) is 0 Å². The minimum absolute atomic E-state index is 0.0416. The Morgan fingerprint density at radius 1 is 1.20 bits per heavy atom. The molecule has 2 N–H and O–H groups in total. The second-order valence-corrected chi connectivity index (χ2v) is 6.85. The first-order valence-corrected chi connectivity index (χ1v) is 7.23. The normalized spacial score (nSPS) is 26.9. The molecule has 0 amide bonds. The second-order valence-electron chi connectivity index (χ2n) is 6.85. The molecule has 0 radical (unpaired) electrons. The van der Waals surface area contributed by atoms with Gasteiger partial charge in [0.2, 0.25) is 0 Å². The van der Waals surface area contributed by atoms with Crippen LogP contribution in [-0.2, 0) is 0 Å². The average molecular weight is 296 g/mol. The smallest absolute Gasteiger partial charge is 0.382 e. The summed E-state index contributed by atoms with van der Waals surface area (Å²) in [5.74, 6) is 0. The van der Waals surface area contributed by atoms with Crippen molar-refractivity contribution in [3.63, 3.8) is 0 Å². The van der Waals surface area contributed by atoms with Crippen molar-refractivity contribution in [1.82, 2.24) is 10.2 Å². The fourth-order valence-corrected chi connectivity index (χ4v) is 2.88. The van der Waals surface area contributed by atoms with Gasteiger partial charge < -0.3 is 10.4 Å². The van der Waals surface area contributed by atoms with Crippen molar-refractivity contribution in [3.05, 3.63) is 0 Å². The van der Waals surface area contributed by atoms with Gasteiger partial charge in [0.05, 0.1) is 0 Å². The minimum atomic E-state index is -4.55. The van der Waals surface area contributed by atoms with Crippen LogP contribution in [0.25, 0.3) is 0 Å². The number of nitrogens with one attached hydrogen (secondary N) is 1. The standard InChI is InChI=1S/C14H27F3N2O/c1-13(2,3)18-10-7-5-6-8-11(10)19(4)9-12(20)14(15,16)17/h10-12,18,20H,5-9H2,1-4H3/t10-,11-,12-/m0/s1. The molecule has 0 spiro atoms. The van der Waals surface area contributed by atoms with Gasteiger partial charge in [-0.2, -0.15) is 13.2 Å². The molecule has 3 atom stereocenters. The third-order valence-corrected chi connectivity index (χ3v) is 3.75. The maximum Gasteiger partial charge on any atom is 0.415 e. The molecule has 0 heterocycles. The number of hydrogen-bond acceptors (Lipinski definition) is 3. The zero-order chi connectivity index (χ0) is 15.6. The Morgan fingerprint density at radius 3 is 2.25 bits per heavy atom. The Hall–Kier alpha value is -0.330. The van der Waals surface area contributed by atoms with Crippen LogP contribution in [0.3, 0.4) is 0 Å². The summed E-state index contributed by atoms with van der Waals surface area (Å²) in [4.78, 5) is 1.65. The number of aliphatic hydroxyl groups excluding tert-OH is 1. The quantitative estimate of drug-likeness (QED) is 0.837. The minimum Gasteiger partial charge on any atom is -0.382 e. The van der Waals surface area contributed by atoms with Crippen molar-refractivity contribution in [2.24, 2.45) is 0 Å². The number of rotatable bonds is 4. The van der Waals surface area contributed by atoms with Crippen LogP contribution in [-0.4, -0.2) is 53.5 Å². The van der Waals surface area contributed by atoms with Crippen molar-refractivity contribution >= 4 is 0 Å². The van der Waals surface area contributed by atoms with E-state index in [1.807, 2.05) is 0 Å². The molecule has 0 bridgehead atoms. The third kappa shape index (κ3) is 5.58. The summed E-state index contributed by atoms with van der Waals surface area (Å²) >= 11 is 0. The summed E-state index contributed by atoms with van der Waals surface area (Å²) in [6.45, 7) is 5.81. The predicted molar refractivity (Wildman–Crippen MR) is 73.6 cm³/mol. The van der Waals surface area contributed by atoms with E-state index < -0.39 is 12.3 Å². The van der Waals surface area contributed by atoms with Crippen molar-refractivity contribution in [2.45, 2.75) is 76.4 Å². The monoisotopic (exact) mass is 296 g/mol. The Bertz CT molecular complexity index is 302. The zero-order valence-electron chi connectivity index (χ0n) is 12.8. The van der Waals surface area contributed by atoms with E-state index in [2.05, 4.69) is 26.1 Å². The highest BCUT2D eigenvalue weighted by atomic mass is 19.4. The molecule has 0 saturated heterocycles. The number of hydrogen-bond donors (Lipinski definition) is 2. The topological polar surface area (TPSA) is 35.5 Å². The van der Waals surface area contributed by atoms with Crippen LogP contribution in [0.2, 0.25) is 0 Å². The molecule has 3 nitrogen and oxygen atoms in total. The molecule has 120 valence electrons. The van der Waals surface area contributed by atoms with Gasteiger partial charge in [0.1, 0.15) is 0 Å². The fourth-order valence-electron chi connectivity index (χ4n) is 2.88. The maximum atomic E-state index is 12.5. The van der Waals surface area contributed by atoms with E-state index in [9.17, 15) is 18.3 Å². The van der Waals surface area contributed by atoms with E-state index >= 15 is 0 Å². The summed E-state index contributed by atoms with van der Waals surface area (Å²) in [7, 11) is 1.67. The molecule has 0 aliphatic heterocycles. The van der Waals surface area contributed by atoms with Crippen LogP contribution in [0.4, 0.5) is 13.2 Å². The summed E-state index contributed by atoms with van der Waals surface area (Å²) in [6.07, 6.45) is -2.86. The van der Waals surface area contributed by atoms with E-state index in [0.29, 0.717) is 0 Å². The summed E-state index contributed by atoms with van der Waals surface area (Å²) in [5, 5.41) is 12.7. The molecule has 6 heteroatoms. The summed E-state index contributed by atoms with van der Waals surface area (Å²) in [5.41, 5.74) is -0.0657. The lowest BCUT2D eigenvalue weighted by molar-refractivity contribution is -0.209. The van der Waals surface area contributed by atoms with Crippen LogP contribution < -0.4 is 5.32 Å². The Balaban J connectivity index is 2.65. The van der Waals surface area contributed by atoms with E-state index in [1.54, 1.807) is 11.9 Å². The van der Waals surface area contributed by atoms with Gasteiger partial charge in [-0.25, -0.2) is 0 Å². The van der Waals surface area contributed by atoms with Crippen LogP contribution in [0, 0.1) is 0 Å². The van der Waals surface area contributed by atoms with Crippen LogP contribution in [0.15, 0.2) is 0 Å². The molecule has 0 aromatic rings. The first-order chi connectivity index (χ1) is 9.00. The highest BCUT2D eigenvalue weighted by Gasteiger charge is 2.40. The zero-order valence-corrected chi connectivity index (χ0v) is 12.8. The molecule has 1 fully saturated rings. The van der Waals surface area contributed by atoms with Gasteiger partial charge in [0.15, 0.2) is 6.10 Å². The predicted octanol–water partition coefficient (Wildman–Crippen LogP) is 2.54. The molecule has 1 saturated carbocycles. The van der Waals surface area contributed by atoms with Gasteiger partial charge in [-0.3, -0.25) is 4.90 Å². The summed E-state index contributed by atoms with van der Waals surface area (Å²) in [6, 6.07) is 0.217. The number of likely N-dealkylation sites (N-methyl/N-ethyl adjacent to an activating group) is 1. The molecule has 0 aromatic heterocycles. The lowest BCUT2D eigenvalue weighted by Crippen LogP contribution is -2.57. The van der Waals surface area contributed by atoms with Crippen molar-refractivity contribution in [1.29, 1.82) is 0 Å². The van der Waals surface area contributed by atoms with Crippen molar-refractivity contribution in [2.75, 3.05) is 13.6 Å². The fraction of sp³-hybridized carbons (Fsp3) is 1.00. The van der Waals surface area contributed by atoms with Gasteiger partial charge in [-0.05, 0) is 40.7 Å². The highest BCUT2D eigenvalue weighted by molar-refractivity contribution is 4.91. The van der Waals surface area contributed by atoms with Crippen molar-refractivity contribution < 1.29 is 18.3 Å². The molecule has 1 aliphatic carbocycles. The van der Waals surface area contributed by atoms with Crippen LogP contribution in [0.5, 0.6) is 0 Å². The van der Waals surface area contributed by atoms with Crippen LogP contribution >= 0.6 is 0 Å². The SMILES string of the molecule is CN(C[C@H](O)C(F)(F)F)[C@H]1CCCC[C@@H]1NC(C)(C)C. The van der Waals surface area contributed by atoms with Crippen LogP contribution in [0.1, 0.15) is 46.5 Å². The lowest BCUT2D eigenvalue weighted by atomic mass is 9.87. The van der Waals surface area contributed by atoms with E-state index in [0.717, 1.165) is 25.7 Å². The molecular weight excluding hydrogens is 269 g/mol. The van der Waals surface area contributed by atoms with Crippen molar-refractivity contribution in [3.8, 4) is 0 Å². The first kappa shape index (κ1) is 17.7. The van der Waals surface area contributed by atoms with Gasteiger partial charge in [-0.1, -0.05) is 12.8 Å². The van der Waals surface area contributed by atoms with Gasteiger partial charge in [0.25, 0.3) is 0 Å². The van der Waals surface area contributed by atoms with E-state index in [4.69, 9.17) is 0 Å². The lowest BCUT2D eigenvalue weighted by Gasteiger charge is -2.42. The molecule has 1 rings (SSSR count). The third-order valence-electron chi connectivity index (χ3n) is 3.75. The largest absolute Gasteiger partial charge is 0.415 e. The first-order valence-electron chi connectivity index (χ1n) is 7.23. The summed E-state index contributed by atoms with van der Waals surface area (Å²) < 4.78 is 37.4. The van der Waals surface area contributed by atoms with Gasteiger partial charge >= 0.3 is 6.18 Å². The Labute approximate surface area is 119 Å². The number of nitrogens with zero attached hydrogens (tertiary/aromatic N) is 1. The second kappa shape index (κ2) is 6.62. The average Bonchev–Trinajstić information content (AvgIpc) is 2.25. The number of aliphatic hydroxyl groups is 1. The van der Waals surface area contributed by atoms with Gasteiger partial charge in [0, 0.05) is 24.2 Å². The Morgan fingerprint density at radius 2 is 1.75 bits per heavy atom. The molecule has 0 aromatic carbocycles.